The molecule has 0 spiro atoms. The Labute approximate surface area is 188 Å². The zero-order valence-electron chi connectivity index (χ0n) is 17.0. The van der Waals surface area contributed by atoms with Gasteiger partial charge in [-0.3, -0.25) is 4.79 Å². The Kier molecular flexibility index (Phi) is 5.78. The van der Waals surface area contributed by atoms with E-state index in [-0.39, 0.29) is 12.2 Å². The minimum Gasteiger partial charge on any atom is -0.478 e. The number of hydrogen-bond acceptors (Lipinski definition) is 4. The van der Waals surface area contributed by atoms with Crippen molar-refractivity contribution in [3.63, 3.8) is 0 Å². The fourth-order valence-electron chi connectivity index (χ4n) is 3.48. The van der Waals surface area contributed by atoms with Gasteiger partial charge in [-0.1, -0.05) is 47.7 Å². The molecule has 158 valence electrons. The van der Waals surface area contributed by atoms with Crippen molar-refractivity contribution in [2.45, 2.75) is 6.92 Å². The highest BCUT2D eigenvalue weighted by atomic mass is 35.5. The topological polar surface area (TPSA) is 92.4 Å². The van der Waals surface area contributed by atoms with Crippen molar-refractivity contribution in [2.24, 2.45) is 0 Å². The quantitative estimate of drug-likeness (QED) is 0.457. The second kappa shape index (κ2) is 8.67. The molecule has 0 aliphatic carbocycles. The molecule has 7 heteroatoms. The van der Waals surface area contributed by atoms with Crippen molar-refractivity contribution in [1.29, 1.82) is 0 Å². The number of carboxylic acids is 1. The van der Waals surface area contributed by atoms with Crippen LogP contribution in [0.3, 0.4) is 0 Å². The van der Waals surface area contributed by atoms with Gasteiger partial charge in [-0.25, -0.2) is 4.79 Å². The number of aryl methyl sites for hydroxylation is 1. The van der Waals surface area contributed by atoms with Crippen LogP contribution in [-0.4, -0.2) is 38.5 Å². The van der Waals surface area contributed by atoms with Crippen LogP contribution >= 0.6 is 11.6 Å². The number of halogens is 1. The van der Waals surface area contributed by atoms with Gasteiger partial charge in [0.15, 0.2) is 0 Å². The number of carboxylic acid groups (broad SMARTS) is 1. The first-order valence-electron chi connectivity index (χ1n) is 9.66. The van der Waals surface area contributed by atoms with Crippen LogP contribution in [-0.2, 0) is 0 Å². The molecule has 4 rings (SSSR count). The summed E-state index contributed by atoms with van der Waals surface area (Å²) in [6.07, 6.45) is 0. The van der Waals surface area contributed by atoms with Gasteiger partial charge in [0.1, 0.15) is 12.3 Å². The maximum Gasteiger partial charge on any atom is 0.335 e. The number of benzene rings is 3. The molecule has 0 saturated carbocycles. The third-order valence-electron chi connectivity index (χ3n) is 5.03. The van der Waals surface area contributed by atoms with Crippen LogP contribution in [0.15, 0.2) is 60.7 Å². The number of aromatic carboxylic acids is 1. The zero-order chi connectivity index (χ0) is 22.8. The Hall–Kier alpha value is -3.92. The summed E-state index contributed by atoms with van der Waals surface area (Å²) in [5, 5.41) is 23.8. The SMILES string of the molecule is Cc1cccc(Cl)c1C(=O)n1nc(-c2ccc(C(=O)O)cc2)c2ccc(C#CCO)cc21. The van der Waals surface area contributed by atoms with Gasteiger partial charge in [-0.15, -0.1) is 0 Å². The van der Waals surface area contributed by atoms with Crippen molar-refractivity contribution in [2.75, 3.05) is 6.61 Å². The second-order valence-corrected chi connectivity index (χ2v) is 7.48. The van der Waals surface area contributed by atoms with E-state index in [1.54, 1.807) is 55.5 Å². The highest BCUT2D eigenvalue weighted by Crippen LogP contribution is 2.31. The average molecular weight is 445 g/mol. The summed E-state index contributed by atoms with van der Waals surface area (Å²) in [6.45, 7) is 1.52. The van der Waals surface area contributed by atoms with Gasteiger partial charge >= 0.3 is 5.97 Å². The summed E-state index contributed by atoms with van der Waals surface area (Å²) < 4.78 is 1.29. The molecule has 2 N–H and O–H groups in total. The molecule has 6 nitrogen and oxygen atoms in total. The van der Waals surface area contributed by atoms with Gasteiger partial charge in [-0.05, 0) is 48.9 Å². The van der Waals surface area contributed by atoms with Crippen molar-refractivity contribution >= 4 is 34.4 Å². The number of aliphatic hydroxyl groups is 1. The molecule has 4 aromatic rings. The first-order chi connectivity index (χ1) is 15.4. The predicted octanol–water partition coefficient (Wildman–Crippen LogP) is 4.40. The predicted molar refractivity (Wildman–Crippen MR) is 122 cm³/mol. The number of aromatic nitrogens is 2. The Morgan fingerprint density at radius 1 is 1.09 bits per heavy atom. The minimum absolute atomic E-state index is 0.154. The van der Waals surface area contributed by atoms with E-state index in [1.165, 1.54) is 16.8 Å². The summed E-state index contributed by atoms with van der Waals surface area (Å²) in [5.41, 5.74) is 3.54. The van der Waals surface area contributed by atoms with Crippen molar-refractivity contribution in [3.8, 4) is 23.1 Å². The van der Waals surface area contributed by atoms with Crippen molar-refractivity contribution in [1.82, 2.24) is 9.78 Å². The Bertz CT molecular complexity index is 1410. The Morgan fingerprint density at radius 2 is 1.84 bits per heavy atom. The van der Waals surface area contributed by atoms with Crippen LogP contribution in [0.5, 0.6) is 0 Å². The van der Waals surface area contributed by atoms with Gasteiger partial charge in [0.05, 0.1) is 21.7 Å². The number of rotatable bonds is 3. The van der Waals surface area contributed by atoms with Crippen LogP contribution < -0.4 is 0 Å². The molecule has 0 bridgehead atoms. The van der Waals surface area contributed by atoms with Crippen LogP contribution in [0.25, 0.3) is 22.2 Å². The number of hydrogen-bond donors (Lipinski definition) is 2. The first kappa shape index (κ1) is 21.3. The average Bonchev–Trinajstić information content (AvgIpc) is 3.16. The fourth-order valence-corrected chi connectivity index (χ4v) is 3.78. The van der Waals surface area contributed by atoms with E-state index in [9.17, 15) is 9.59 Å². The third-order valence-corrected chi connectivity index (χ3v) is 5.34. The molecule has 0 amide bonds. The van der Waals surface area contributed by atoms with Crippen LogP contribution in [0, 0.1) is 18.8 Å². The van der Waals surface area contributed by atoms with E-state index in [4.69, 9.17) is 21.8 Å². The van der Waals surface area contributed by atoms with E-state index in [1.807, 2.05) is 0 Å². The molecule has 1 heterocycles. The molecule has 0 fully saturated rings. The maximum absolute atomic E-state index is 13.5. The molecule has 0 atom stereocenters. The van der Waals surface area contributed by atoms with Gasteiger partial charge < -0.3 is 10.2 Å². The summed E-state index contributed by atoms with van der Waals surface area (Å²) in [6, 6.07) is 16.8. The monoisotopic (exact) mass is 444 g/mol. The second-order valence-electron chi connectivity index (χ2n) is 7.07. The van der Waals surface area contributed by atoms with Gasteiger partial charge in [0.25, 0.3) is 5.91 Å². The van der Waals surface area contributed by atoms with Crippen molar-refractivity contribution in [3.05, 3.63) is 87.9 Å². The summed E-state index contributed by atoms with van der Waals surface area (Å²) in [7, 11) is 0. The van der Waals surface area contributed by atoms with Crippen molar-refractivity contribution < 1.29 is 19.8 Å². The van der Waals surface area contributed by atoms with Gasteiger partial charge in [0, 0.05) is 16.5 Å². The highest BCUT2D eigenvalue weighted by molar-refractivity contribution is 6.34. The number of fused-ring (bicyclic) bond motifs is 1. The normalized spacial score (nSPS) is 10.6. The third kappa shape index (κ3) is 3.87. The lowest BCUT2D eigenvalue weighted by atomic mass is 10.0. The Morgan fingerprint density at radius 3 is 2.50 bits per heavy atom. The molecule has 0 saturated heterocycles. The van der Waals surface area contributed by atoms with E-state index in [2.05, 4.69) is 16.9 Å². The summed E-state index contributed by atoms with van der Waals surface area (Å²) >= 11 is 6.33. The van der Waals surface area contributed by atoms with Gasteiger partial charge in [-0.2, -0.15) is 9.78 Å². The highest BCUT2D eigenvalue weighted by Gasteiger charge is 2.22. The summed E-state index contributed by atoms with van der Waals surface area (Å²) in [4.78, 5) is 24.7. The molecule has 0 aliphatic rings. The number of carbonyl (C=O) groups is 2. The van der Waals surface area contributed by atoms with Crippen LogP contribution in [0.1, 0.15) is 31.8 Å². The van der Waals surface area contributed by atoms with E-state index in [0.29, 0.717) is 38.3 Å². The van der Waals surface area contributed by atoms with E-state index < -0.39 is 11.9 Å². The zero-order valence-corrected chi connectivity index (χ0v) is 17.7. The maximum atomic E-state index is 13.5. The molecule has 0 radical (unpaired) electrons. The molecular weight excluding hydrogens is 428 g/mol. The standard InChI is InChI=1S/C25H17ClN2O4/c1-15-4-2-6-20(26)22(15)24(30)28-21-14-16(5-3-13-29)7-12-19(21)23(27-28)17-8-10-18(11-9-17)25(31)32/h2,4,6-12,14,29H,13H2,1H3,(H,31,32). The lowest BCUT2D eigenvalue weighted by Gasteiger charge is -2.08. The summed E-state index contributed by atoms with van der Waals surface area (Å²) in [5.74, 6) is 4.02. The number of nitrogens with zero attached hydrogens (tertiary/aromatic N) is 2. The van der Waals surface area contributed by atoms with E-state index >= 15 is 0 Å². The minimum atomic E-state index is -1.02. The number of aliphatic hydroxyl groups excluding tert-OH is 1. The Balaban J connectivity index is 1.95. The lowest BCUT2D eigenvalue weighted by Crippen LogP contribution is -2.15. The van der Waals surface area contributed by atoms with Gasteiger partial charge in [0.2, 0.25) is 0 Å². The smallest absolute Gasteiger partial charge is 0.335 e. The molecule has 3 aromatic carbocycles. The van der Waals surface area contributed by atoms with Crippen LogP contribution in [0.4, 0.5) is 0 Å². The first-order valence-corrected chi connectivity index (χ1v) is 10.0. The lowest BCUT2D eigenvalue weighted by molar-refractivity contribution is 0.0696. The molecular formula is C25H17ClN2O4. The number of carbonyl (C=O) groups excluding carboxylic acids is 1. The fraction of sp³-hybridized carbons (Fsp3) is 0.0800. The molecule has 32 heavy (non-hydrogen) atoms. The molecule has 1 aromatic heterocycles. The largest absolute Gasteiger partial charge is 0.478 e. The molecule has 0 unspecified atom stereocenters. The van der Waals surface area contributed by atoms with Crippen LogP contribution in [0.2, 0.25) is 5.02 Å². The molecule has 0 aliphatic heterocycles. The van der Waals surface area contributed by atoms with E-state index in [0.717, 1.165) is 5.56 Å².